The maximum Gasteiger partial charge on any atom is -0.0351 e. The van der Waals surface area contributed by atoms with E-state index >= 15 is 0 Å². The Morgan fingerprint density at radius 3 is 1.22 bits per heavy atom. The van der Waals surface area contributed by atoms with Crippen molar-refractivity contribution < 1.29 is 0 Å². The molecular formula is C23H45. The van der Waals surface area contributed by atoms with E-state index in [-0.39, 0.29) is 0 Å². The van der Waals surface area contributed by atoms with E-state index < -0.39 is 0 Å². The van der Waals surface area contributed by atoms with Gasteiger partial charge in [-0.25, -0.2) is 0 Å². The first kappa shape index (κ1) is 22.7. The van der Waals surface area contributed by atoms with Crippen molar-refractivity contribution in [3.05, 3.63) is 19.1 Å². The smallest absolute Gasteiger partial charge is 0.0351 e. The van der Waals surface area contributed by atoms with E-state index in [2.05, 4.69) is 26.0 Å². The van der Waals surface area contributed by atoms with E-state index in [1.165, 1.54) is 116 Å². The summed E-state index contributed by atoms with van der Waals surface area (Å²) in [7, 11) is 0. The number of allylic oxidation sites excluding steroid dienone is 2. The zero-order valence-corrected chi connectivity index (χ0v) is 16.3. The Balaban J connectivity index is 3.00. The van der Waals surface area contributed by atoms with Gasteiger partial charge in [-0.1, -0.05) is 122 Å². The van der Waals surface area contributed by atoms with Gasteiger partial charge in [0.15, 0.2) is 0 Å². The minimum atomic E-state index is 1.09. The molecule has 0 aliphatic heterocycles. The third-order valence-corrected chi connectivity index (χ3v) is 4.76. The molecule has 0 saturated heterocycles. The Morgan fingerprint density at radius 1 is 0.478 bits per heavy atom. The van der Waals surface area contributed by atoms with Crippen molar-refractivity contribution in [1.82, 2.24) is 0 Å². The van der Waals surface area contributed by atoms with Gasteiger partial charge in [-0.15, -0.1) is 0 Å². The lowest BCUT2D eigenvalue weighted by atomic mass is 10.0. The summed E-state index contributed by atoms with van der Waals surface area (Å²) in [5.74, 6) is 0. The van der Waals surface area contributed by atoms with Crippen molar-refractivity contribution in [3.63, 3.8) is 0 Å². The van der Waals surface area contributed by atoms with Crippen LogP contribution in [0.25, 0.3) is 0 Å². The standard InChI is InChI=1S/C23H45/c1-3-5-7-9-11-13-15-17-19-21-23-22-20-18-16-14-12-10-8-6-4-2/h11,13H,1,3-10,12,14-23H2,2H3. The fraction of sp³-hybridized carbons (Fsp3) is 0.870. The molecule has 0 atom stereocenters. The fourth-order valence-corrected chi connectivity index (χ4v) is 3.13. The molecule has 0 fully saturated rings. The highest BCUT2D eigenvalue weighted by Crippen LogP contribution is 2.13. The number of unbranched alkanes of at least 4 members (excludes halogenated alkanes) is 17. The number of hydrogen-bond donors (Lipinski definition) is 0. The van der Waals surface area contributed by atoms with Gasteiger partial charge in [-0.2, -0.15) is 0 Å². The summed E-state index contributed by atoms with van der Waals surface area (Å²) in [6, 6.07) is 0. The molecule has 0 unspecified atom stereocenters. The van der Waals surface area contributed by atoms with E-state index in [1.54, 1.807) is 0 Å². The molecule has 0 aliphatic rings. The molecule has 1 radical (unpaired) electrons. The predicted octanol–water partition coefficient (Wildman–Crippen LogP) is 8.81. The SMILES string of the molecule is [CH2]CCCCC=CCCCCCCCCCCCCCCCC. The molecule has 0 saturated carbocycles. The molecule has 0 heteroatoms. The summed E-state index contributed by atoms with van der Waals surface area (Å²) in [4.78, 5) is 0. The molecule has 0 aliphatic carbocycles. The highest BCUT2D eigenvalue weighted by molar-refractivity contribution is 4.81. The molecule has 23 heavy (non-hydrogen) atoms. The average Bonchev–Trinajstić information content (AvgIpc) is 2.57. The van der Waals surface area contributed by atoms with Crippen LogP contribution in [0, 0.1) is 6.92 Å². The Hall–Kier alpha value is -0.260. The van der Waals surface area contributed by atoms with Gasteiger partial charge in [0.1, 0.15) is 0 Å². The van der Waals surface area contributed by atoms with Crippen molar-refractivity contribution in [3.8, 4) is 0 Å². The van der Waals surface area contributed by atoms with Gasteiger partial charge < -0.3 is 0 Å². The van der Waals surface area contributed by atoms with E-state index in [0.29, 0.717) is 0 Å². The lowest BCUT2D eigenvalue weighted by molar-refractivity contribution is 0.536. The second-order valence-electron chi connectivity index (χ2n) is 7.21. The molecule has 0 aromatic rings. The number of hydrogen-bond acceptors (Lipinski definition) is 0. The van der Waals surface area contributed by atoms with Crippen LogP contribution in [0.15, 0.2) is 12.2 Å². The summed E-state index contributed by atoms with van der Waals surface area (Å²) in [6.45, 7) is 6.17. The van der Waals surface area contributed by atoms with Crippen LogP contribution in [0.5, 0.6) is 0 Å². The molecule has 0 heterocycles. The second kappa shape index (κ2) is 21.7. The zero-order chi connectivity index (χ0) is 16.8. The number of rotatable bonds is 19. The topological polar surface area (TPSA) is 0 Å². The average molecular weight is 322 g/mol. The molecule has 0 nitrogen and oxygen atoms in total. The minimum absolute atomic E-state index is 1.09. The third kappa shape index (κ3) is 21.7. The molecule has 0 bridgehead atoms. The van der Waals surface area contributed by atoms with Gasteiger partial charge in [-0.05, 0) is 25.7 Å². The first-order valence-corrected chi connectivity index (χ1v) is 10.9. The molecule has 0 aromatic carbocycles. The zero-order valence-electron chi connectivity index (χ0n) is 16.3. The van der Waals surface area contributed by atoms with Crippen molar-refractivity contribution in [2.75, 3.05) is 0 Å². The quantitative estimate of drug-likeness (QED) is 0.165. The first-order chi connectivity index (χ1) is 11.4. The summed E-state index contributed by atoms with van der Waals surface area (Å²) < 4.78 is 0. The first-order valence-electron chi connectivity index (χ1n) is 10.9. The van der Waals surface area contributed by atoms with Crippen molar-refractivity contribution in [2.45, 2.75) is 129 Å². The van der Waals surface area contributed by atoms with E-state index in [0.717, 1.165) is 6.42 Å². The minimum Gasteiger partial charge on any atom is -0.0885 e. The highest BCUT2D eigenvalue weighted by Gasteiger charge is 1.93. The summed E-state index contributed by atoms with van der Waals surface area (Å²) >= 11 is 0. The largest absolute Gasteiger partial charge is 0.0885 e. The van der Waals surface area contributed by atoms with Crippen LogP contribution in [0.1, 0.15) is 129 Å². The van der Waals surface area contributed by atoms with Gasteiger partial charge in [-0.3, -0.25) is 0 Å². The van der Waals surface area contributed by atoms with E-state index in [4.69, 9.17) is 0 Å². The van der Waals surface area contributed by atoms with Gasteiger partial charge in [0.25, 0.3) is 0 Å². The lowest BCUT2D eigenvalue weighted by Gasteiger charge is -2.02. The maximum atomic E-state index is 3.88. The van der Waals surface area contributed by atoms with Crippen LogP contribution in [-0.4, -0.2) is 0 Å². The maximum absolute atomic E-state index is 3.88. The highest BCUT2D eigenvalue weighted by atomic mass is 14.0. The molecule has 0 spiro atoms. The molecular weight excluding hydrogens is 276 g/mol. The third-order valence-electron chi connectivity index (χ3n) is 4.76. The molecule has 0 amide bonds. The van der Waals surface area contributed by atoms with Gasteiger partial charge >= 0.3 is 0 Å². The predicted molar refractivity (Wildman–Crippen MR) is 108 cm³/mol. The van der Waals surface area contributed by atoms with Crippen molar-refractivity contribution in [1.29, 1.82) is 0 Å². The van der Waals surface area contributed by atoms with Crippen molar-refractivity contribution >= 4 is 0 Å². The lowest BCUT2D eigenvalue weighted by Crippen LogP contribution is -1.83. The summed E-state index contributed by atoms with van der Waals surface area (Å²) in [6.07, 6.45) is 31.3. The molecule has 0 rings (SSSR count). The second-order valence-corrected chi connectivity index (χ2v) is 7.21. The van der Waals surface area contributed by atoms with Crippen LogP contribution in [0.3, 0.4) is 0 Å². The summed E-state index contributed by atoms with van der Waals surface area (Å²) in [5, 5.41) is 0. The van der Waals surface area contributed by atoms with Crippen LogP contribution < -0.4 is 0 Å². The molecule has 137 valence electrons. The fourth-order valence-electron chi connectivity index (χ4n) is 3.13. The van der Waals surface area contributed by atoms with Crippen LogP contribution in [0.4, 0.5) is 0 Å². The van der Waals surface area contributed by atoms with E-state index in [1.807, 2.05) is 0 Å². The van der Waals surface area contributed by atoms with Crippen LogP contribution >= 0.6 is 0 Å². The monoisotopic (exact) mass is 321 g/mol. The van der Waals surface area contributed by atoms with Crippen LogP contribution in [0.2, 0.25) is 0 Å². The Kier molecular flexibility index (Phi) is 21.5. The van der Waals surface area contributed by atoms with Gasteiger partial charge in [0.2, 0.25) is 0 Å². The van der Waals surface area contributed by atoms with Gasteiger partial charge in [0, 0.05) is 0 Å². The summed E-state index contributed by atoms with van der Waals surface area (Å²) in [5.41, 5.74) is 0. The van der Waals surface area contributed by atoms with E-state index in [9.17, 15) is 0 Å². The van der Waals surface area contributed by atoms with Gasteiger partial charge in [0.05, 0.1) is 0 Å². The Morgan fingerprint density at radius 2 is 0.826 bits per heavy atom. The Bertz CT molecular complexity index is 216. The van der Waals surface area contributed by atoms with Crippen LogP contribution in [-0.2, 0) is 0 Å². The normalized spacial score (nSPS) is 11.6. The molecule has 0 aromatic heterocycles. The molecule has 0 N–H and O–H groups in total. The Labute approximate surface area is 148 Å². The van der Waals surface area contributed by atoms with Crippen molar-refractivity contribution in [2.24, 2.45) is 0 Å².